The molecule has 2 aliphatic rings. The molecule has 104 valence electrons. The Morgan fingerprint density at radius 1 is 1.56 bits per heavy atom. The highest BCUT2D eigenvalue weighted by molar-refractivity contribution is 5.75. The molecule has 18 heavy (non-hydrogen) atoms. The van der Waals surface area contributed by atoms with Crippen LogP contribution in [0.4, 0.5) is 0 Å². The average Bonchev–Trinajstić information content (AvgIpc) is 3.19. The molecule has 1 heterocycles. The fourth-order valence-corrected chi connectivity index (χ4v) is 2.33. The maximum Gasteiger partial charge on any atom is 0.322 e. The number of carbonyl (C=O) groups is 1. The lowest BCUT2D eigenvalue weighted by Gasteiger charge is -2.34. The molecule has 5 heteroatoms. The van der Waals surface area contributed by atoms with Crippen LogP contribution in [0.2, 0.25) is 0 Å². The van der Waals surface area contributed by atoms with E-state index >= 15 is 0 Å². The monoisotopic (exact) mass is 256 g/mol. The zero-order valence-electron chi connectivity index (χ0n) is 11.4. The van der Waals surface area contributed by atoms with Crippen molar-refractivity contribution < 1.29 is 14.3 Å². The maximum atomic E-state index is 11.7. The van der Waals surface area contributed by atoms with Gasteiger partial charge >= 0.3 is 5.97 Å². The van der Waals surface area contributed by atoms with Crippen LogP contribution in [-0.4, -0.2) is 62.4 Å². The minimum absolute atomic E-state index is 0.136. The van der Waals surface area contributed by atoms with Gasteiger partial charge in [-0.2, -0.15) is 0 Å². The molecule has 1 saturated carbocycles. The number of hydrogen-bond acceptors (Lipinski definition) is 5. The lowest BCUT2D eigenvalue weighted by atomic mass is 10.1. The molecule has 2 atom stereocenters. The molecule has 1 aliphatic heterocycles. The smallest absolute Gasteiger partial charge is 0.322 e. The molecular weight excluding hydrogens is 232 g/mol. The number of carbonyl (C=O) groups excluding carboxylic acids is 1. The van der Waals surface area contributed by atoms with Crippen molar-refractivity contribution >= 4 is 5.97 Å². The summed E-state index contributed by atoms with van der Waals surface area (Å²) in [4.78, 5) is 14.1. The Labute approximate surface area is 109 Å². The van der Waals surface area contributed by atoms with Crippen molar-refractivity contribution in [1.82, 2.24) is 10.2 Å². The first kappa shape index (κ1) is 13.8. The van der Waals surface area contributed by atoms with Crippen LogP contribution in [0.3, 0.4) is 0 Å². The summed E-state index contributed by atoms with van der Waals surface area (Å²) < 4.78 is 10.3. The Morgan fingerprint density at radius 3 is 2.94 bits per heavy atom. The predicted molar refractivity (Wildman–Crippen MR) is 68.4 cm³/mol. The predicted octanol–water partition coefficient (Wildman–Crippen LogP) is 0.391. The van der Waals surface area contributed by atoms with E-state index in [1.54, 1.807) is 0 Å². The van der Waals surface area contributed by atoms with Crippen LogP contribution < -0.4 is 5.32 Å². The zero-order valence-corrected chi connectivity index (χ0v) is 11.4. The SMILES string of the molecule is COC(=O)C(CCN1CCOCC1C)NC1CC1. The fraction of sp³-hybridized carbons (Fsp3) is 0.923. The quantitative estimate of drug-likeness (QED) is 0.697. The van der Waals surface area contributed by atoms with Gasteiger partial charge in [0.1, 0.15) is 6.04 Å². The van der Waals surface area contributed by atoms with Crippen LogP contribution in [0.25, 0.3) is 0 Å². The minimum Gasteiger partial charge on any atom is -0.468 e. The van der Waals surface area contributed by atoms with E-state index in [9.17, 15) is 4.79 Å². The molecule has 1 aliphatic carbocycles. The summed E-state index contributed by atoms with van der Waals surface area (Å²) in [5.74, 6) is -0.136. The second kappa shape index (κ2) is 6.50. The molecule has 0 aromatic heterocycles. The number of nitrogens with one attached hydrogen (secondary N) is 1. The molecule has 0 aromatic carbocycles. The lowest BCUT2D eigenvalue weighted by Crippen LogP contribution is -2.47. The standard InChI is InChI=1S/C13H24N2O3/c1-10-9-18-8-7-15(10)6-5-12(13(16)17-2)14-11-3-4-11/h10-12,14H,3-9H2,1-2H3. The van der Waals surface area contributed by atoms with Crippen molar-refractivity contribution in [1.29, 1.82) is 0 Å². The Hall–Kier alpha value is -0.650. The van der Waals surface area contributed by atoms with Crippen molar-refractivity contribution in [3.05, 3.63) is 0 Å². The van der Waals surface area contributed by atoms with Crippen molar-refractivity contribution in [3.8, 4) is 0 Å². The lowest BCUT2D eigenvalue weighted by molar-refractivity contribution is -0.143. The zero-order chi connectivity index (χ0) is 13.0. The summed E-state index contributed by atoms with van der Waals surface area (Å²) in [7, 11) is 1.46. The summed E-state index contributed by atoms with van der Waals surface area (Å²) in [6.07, 6.45) is 3.18. The van der Waals surface area contributed by atoms with Gasteiger partial charge in [-0.1, -0.05) is 0 Å². The summed E-state index contributed by atoms with van der Waals surface area (Å²) in [5.41, 5.74) is 0. The summed E-state index contributed by atoms with van der Waals surface area (Å²) in [6.45, 7) is 5.63. The van der Waals surface area contributed by atoms with E-state index in [2.05, 4.69) is 17.1 Å². The van der Waals surface area contributed by atoms with Crippen molar-refractivity contribution in [2.75, 3.05) is 33.4 Å². The maximum absolute atomic E-state index is 11.7. The van der Waals surface area contributed by atoms with E-state index in [1.165, 1.54) is 20.0 Å². The first-order valence-corrected chi connectivity index (χ1v) is 6.86. The molecule has 0 aromatic rings. The van der Waals surface area contributed by atoms with Gasteiger partial charge in [0.05, 0.1) is 20.3 Å². The van der Waals surface area contributed by atoms with Crippen LogP contribution in [0.15, 0.2) is 0 Å². The highest BCUT2D eigenvalue weighted by Gasteiger charge is 2.29. The molecule has 0 radical (unpaired) electrons. The number of ether oxygens (including phenoxy) is 2. The number of esters is 1. The first-order chi connectivity index (χ1) is 8.70. The highest BCUT2D eigenvalue weighted by atomic mass is 16.5. The van der Waals surface area contributed by atoms with Crippen LogP contribution >= 0.6 is 0 Å². The Bertz CT molecular complexity index is 281. The van der Waals surface area contributed by atoms with Crippen LogP contribution in [0, 0.1) is 0 Å². The highest BCUT2D eigenvalue weighted by Crippen LogP contribution is 2.20. The molecule has 2 unspecified atom stereocenters. The van der Waals surface area contributed by atoms with Crippen molar-refractivity contribution in [2.24, 2.45) is 0 Å². The van der Waals surface area contributed by atoms with Crippen molar-refractivity contribution in [3.63, 3.8) is 0 Å². The molecule has 2 fully saturated rings. The summed E-state index contributed by atoms with van der Waals surface area (Å²) in [5, 5.41) is 3.36. The second-order valence-electron chi connectivity index (χ2n) is 5.27. The number of methoxy groups -OCH3 is 1. The van der Waals surface area contributed by atoms with Gasteiger partial charge < -0.3 is 14.8 Å². The summed E-state index contributed by atoms with van der Waals surface area (Å²) in [6, 6.07) is 0.812. The van der Waals surface area contributed by atoms with Gasteiger partial charge in [0.25, 0.3) is 0 Å². The average molecular weight is 256 g/mol. The van der Waals surface area contributed by atoms with Gasteiger partial charge in [-0.05, 0) is 26.2 Å². The first-order valence-electron chi connectivity index (χ1n) is 6.86. The summed E-state index contributed by atoms with van der Waals surface area (Å²) >= 11 is 0. The van der Waals surface area contributed by atoms with Gasteiger partial charge in [-0.25, -0.2) is 0 Å². The normalized spacial score (nSPS) is 26.9. The largest absolute Gasteiger partial charge is 0.468 e. The number of rotatable bonds is 6. The molecule has 1 N–H and O–H groups in total. The third kappa shape index (κ3) is 3.93. The third-order valence-electron chi connectivity index (χ3n) is 3.71. The molecule has 5 nitrogen and oxygen atoms in total. The Balaban J connectivity index is 1.78. The van der Waals surface area contributed by atoms with Gasteiger partial charge in [-0.3, -0.25) is 9.69 Å². The van der Waals surface area contributed by atoms with Gasteiger partial charge in [0, 0.05) is 25.2 Å². The van der Waals surface area contributed by atoms with Gasteiger partial charge in [0.2, 0.25) is 0 Å². The van der Waals surface area contributed by atoms with E-state index in [4.69, 9.17) is 9.47 Å². The van der Waals surface area contributed by atoms with Crippen molar-refractivity contribution in [2.45, 2.75) is 44.3 Å². The van der Waals surface area contributed by atoms with E-state index < -0.39 is 0 Å². The van der Waals surface area contributed by atoms with Crippen LogP contribution in [0.1, 0.15) is 26.2 Å². The van der Waals surface area contributed by atoms with Crippen LogP contribution in [-0.2, 0) is 14.3 Å². The van der Waals surface area contributed by atoms with Crippen LogP contribution in [0.5, 0.6) is 0 Å². The van der Waals surface area contributed by atoms with E-state index in [0.29, 0.717) is 12.1 Å². The number of morpholine rings is 1. The topological polar surface area (TPSA) is 50.8 Å². The fourth-order valence-electron chi connectivity index (χ4n) is 2.33. The molecule has 2 rings (SSSR count). The second-order valence-corrected chi connectivity index (χ2v) is 5.27. The minimum atomic E-state index is -0.155. The van der Waals surface area contributed by atoms with E-state index in [0.717, 1.165) is 32.7 Å². The molecule has 0 amide bonds. The third-order valence-corrected chi connectivity index (χ3v) is 3.71. The van der Waals surface area contributed by atoms with E-state index in [-0.39, 0.29) is 12.0 Å². The van der Waals surface area contributed by atoms with Gasteiger partial charge in [0.15, 0.2) is 0 Å². The molecule has 0 spiro atoms. The molecule has 0 bridgehead atoms. The van der Waals surface area contributed by atoms with Gasteiger partial charge in [-0.15, -0.1) is 0 Å². The number of nitrogens with zero attached hydrogens (tertiary/aromatic N) is 1. The number of hydrogen-bond donors (Lipinski definition) is 1. The molecule has 1 saturated heterocycles. The molecular formula is C13H24N2O3. The Morgan fingerprint density at radius 2 is 2.33 bits per heavy atom. The van der Waals surface area contributed by atoms with E-state index in [1.807, 2.05) is 0 Å². The Kier molecular flexibility index (Phi) is 4.97.